The van der Waals surface area contributed by atoms with Gasteiger partial charge in [0.2, 0.25) is 0 Å². The molecule has 0 amide bonds. The maximum Gasteiger partial charge on any atom is 0.123 e. The van der Waals surface area contributed by atoms with Crippen LogP contribution >= 0.6 is 0 Å². The van der Waals surface area contributed by atoms with Crippen LogP contribution < -0.4 is 0 Å². The molecule has 2 nitrogen and oxygen atoms in total. The third-order valence-corrected chi connectivity index (χ3v) is 3.39. The lowest BCUT2D eigenvalue weighted by molar-refractivity contribution is -0.0958. The van der Waals surface area contributed by atoms with E-state index >= 15 is 0 Å². The van der Waals surface area contributed by atoms with E-state index in [2.05, 4.69) is 0 Å². The minimum atomic E-state index is -0.529. The fraction of sp³-hybridized carbons (Fsp3) is 0.571. The van der Waals surface area contributed by atoms with Crippen molar-refractivity contribution in [3.05, 3.63) is 35.6 Å². The van der Waals surface area contributed by atoms with E-state index in [1.54, 1.807) is 12.1 Å². The van der Waals surface area contributed by atoms with E-state index < -0.39 is 6.10 Å². The first-order chi connectivity index (χ1) is 7.98. The summed E-state index contributed by atoms with van der Waals surface area (Å²) in [6, 6.07) is 6.09. The lowest BCUT2D eigenvalue weighted by Crippen LogP contribution is -2.36. The number of hydrogen-bond acceptors (Lipinski definition) is 2. The Morgan fingerprint density at radius 2 is 2.00 bits per heavy atom. The standard InChI is InChI=1S/C14H19FO2/c1-14(2)9-11(7-8-17-14)13(16)10-3-5-12(15)6-4-10/h3-6,11,13,16H,7-9H2,1-2H3. The Bertz CT molecular complexity index is 372. The highest BCUT2D eigenvalue weighted by Crippen LogP contribution is 2.36. The first kappa shape index (κ1) is 12.5. The molecule has 0 saturated carbocycles. The van der Waals surface area contributed by atoms with Crippen molar-refractivity contribution >= 4 is 0 Å². The fourth-order valence-electron chi connectivity index (χ4n) is 2.48. The second kappa shape index (κ2) is 4.75. The molecule has 2 unspecified atom stereocenters. The lowest BCUT2D eigenvalue weighted by atomic mass is 9.82. The van der Waals surface area contributed by atoms with Crippen LogP contribution in [0, 0.1) is 11.7 Å². The van der Waals surface area contributed by atoms with Gasteiger partial charge in [0.25, 0.3) is 0 Å². The Morgan fingerprint density at radius 3 is 2.59 bits per heavy atom. The van der Waals surface area contributed by atoms with Gasteiger partial charge in [-0.2, -0.15) is 0 Å². The maximum atomic E-state index is 12.8. The molecule has 2 rings (SSSR count). The summed E-state index contributed by atoms with van der Waals surface area (Å²) in [5.74, 6) is -0.0857. The molecule has 17 heavy (non-hydrogen) atoms. The van der Waals surface area contributed by atoms with Crippen LogP contribution in [0.15, 0.2) is 24.3 Å². The molecule has 1 N–H and O–H groups in total. The second-order valence-electron chi connectivity index (χ2n) is 5.36. The Balaban J connectivity index is 2.09. The third kappa shape index (κ3) is 3.05. The Kier molecular flexibility index (Phi) is 3.50. The van der Waals surface area contributed by atoms with E-state index in [1.165, 1.54) is 12.1 Å². The van der Waals surface area contributed by atoms with Crippen LogP contribution in [-0.2, 0) is 4.74 Å². The van der Waals surface area contributed by atoms with E-state index in [4.69, 9.17) is 4.74 Å². The van der Waals surface area contributed by atoms with E-state index in [1.807, 2.05) is 13.8 Å². The molecule has 2 atom stereocenters. The maximum absolute atomic E-state index is 12.8. The molecule has 0 radical (unpaired) electrons. The van der Waals surface area contributed by atoms with Crippen molar-refractivity contribution in [1.82, 2.24) is 0 Å². The van der Waals surface area contributed by atoms with Gasteiger partial charge >= 0.3 is 0 Å². The van der Waals surface area contributed by atoms with Gasteiger partial charge in [0.05, 0.1) is 11.7 Å². The summed E-state index contributed by atoms with van der Waals surface area (Å²) in [5.41, 5.74) is 0.610. The predicted octanol–water partition coefficient (Wildman–Crippen LogP) is 3.06. The van der Waals surface area contributed by atoms with Crippen LogP contribution in [0.5, 0.6) is 0 Å². The van der Waals surface area contributed by atoms with Crippen LogP contribution in [0.1, 0.15) is 38.4 Å². The summed E-state index contributed by atoms with van der Waals surface area (Å²) >= 11 is 0. The smallest absolute Gasteiger partial charge is 0.123 e. The van der Waals surface area contributed by atoms with E-state index in [0.717, 1.165) is 18.4 Å². The van der Waals surface area contributed by atoms with Gasteiger partial charge in [-0.25, -0.2) is 4.39 Å². The number of hydrogen-bond donors (Lipinski definition) is 1. The molecule has 1 aromatic rings. The SMILES string of the molecule is CC1(C)CC(C(O)c2ccc(F)cc2)CCO1. The number of ether oxygens (including phenoxy) is 1. The Labute approximate surface area is 101 Å². The van der Waals surface area contributed by atoms with Gasteiger partial charge < -0.3 is 9.84 Å². The molecule has 1 saturated heterocycles. The van der Waals surface area contributed by atoms with Crippen molar-refractivity contribution < 1.29 is 14.2 Å². The first-order valence-electron chi connectivity index (χ1n) is 6.05. The normalized spacial score (nSPS) is 25.5. The Morgan fingerprint density at radius 1 is 1.35 bits per heavy atom. The summed E-state index contributed by atoms with van der Waals surface area (Å²) in [4.78, 5) is 0. The van der Waals surface area contributed by atoms with Gasteiger partial charge in [0.1, 0.15) is 5.82 Å². The molecule has 1 fully saturated rings. The number of benzene rings is 1. The molecule has 1 aliphatic rings. The summed E-state index contributed by atoms with van der Waals surface area (Å²) in [6.07, 6.45) is 1.15. The van der Waals surface area contributed by atoms with Crippen LogP contribution in [-0.4, -0.2) is 17.3 Å². The average molecular weight is 238 g/mol. The lowest BCUT2D eigenvalue weighted by Gasteiger charge is -2.37. The molecule has 0 spiro atoms. The van der Waals surface area contributed by atoms with Gasteiger partial charge in [-0.3, -0.25) is 0 Å². The first-order valence-corrected chi connectivity index (χ1v) is 6.05. The molecule has 94 valence electrons. The van der Waals surface area contributed by atoms with Crippen LogP contribution in [0.2, 0.25) is 0 Å². The largest absolute Gasteiger partial charge is 0.388 e. The highest BCUT2D eigenvalue weighted by atomic mass is 19.1. The zero-order valence-corrected chi connectivity index (χ0v) is 10.3. The van der Waals surface area contributed by atoms with Crippen molar-refractivity contribution in [2.24, 2.45) is 5.92 Å². The van der Waals surface area contributed by atoms with E-state index in [9.17, 15) is 9.50 Å². The van der Waals surface area contributed by atoms with Gasteiger partial charge in [0, 0.05) is 6.61 Å². The number of rotatable bonds is 2. The molecule has 0 bridgehead atoms. The van der Waals surface area contributed by atoms with Crippen molar-refractivity contribution in [2.75, 3.05) is 6.61 Å². The fourth-order valence-corrected chi connectivity index (χ4v) is 2.48. The molecule has 3 heteroatoms. The average Bonchev–Trinajstić information content (AvgIpc) is 2.28. The van der Waals surface area contributed by atoms with Gasteiger partial charge in [-0.05, 0) is 50.3 Å². The number of halogens is 1. The highest BCUT2D eigenvalue weighted by molar-refractivity contribution is 5.19. The molecular formula is C14H19FO2. The van der Waals surface area contributed by atoms with Crippen molar-refractivity contribution in [3.8, 4) is 0 Å². The molecule has 0 aromatic heterocycles. The summed E-state index contributed by atoms with van der Waals surface area (Å²) in [6.45, 7) is 4.75. The quantitative estimate of drug-likeness (QED) is 0.858. The summed E-state index contributed by atoms with van der Waals surface area (Å²) in [5, 5.41) is 10.3. The summed E-state index contributed by atoms with van der Waals surface area (Å²) in [7, 11) is 0. The third-order valence-electron chi connectivity index (χ3n) is 3.39. The van der Waals surface area contributed by atoms with Crippen LogP contribution in [0.3, 0.4) is 0 Å². The van der Waals surface area contributed by atoms with Crippen molar-refractivity contribution in [1.29, 1.82) is 0 Å². The van der Waals surface area contributed by atoms with E-state index in [0.29, 0.717) is 6.61 Å². The van der Waals surface area contributed by atoms with Crippen molar-refractivity contribution in [3.63, 3.8) is 0 Å². The second-order valence-corrected chi connectivity index (χ2v) is 5.36. The molecule has 0 aliphatic carbocycles. The number of aliphatic hydroxyl groups is 1. The van der Waals surface area contributed by atoms with Crippen LogP contribution in [0.4, 0.5) is 4.39 Å². The summed E-state index contributed by atoms with van der Waals surface area (Å²) < 4.78 is 18.4. The minimum absolute atomic E-state index is 0.177. The van der Waals surface area contributed by atoms with E-state index in [-0.39, 0.29) is 17.3 Å². The van der Waals surface area contributed by atoms with Gasteiger partial charge in [-0.15, -0.1) is 0 Å². The molecule has 1 heterocycles. The van der Waals surface area contributed by atoms with Crippen molar-refractivity contribution in [2.45, 2.75) is 38.4 Å². The minimum Gasteiger partial charge on any atom is -0.388 e. The molecule has 1 aliphatic heterocycles. The number of aliphatic hydroxyl groups excluding tert-OH is 1. The monoisotopic (exact) mass is 238 g/mol. The topological polar surface area (TPSA) is 29.5 Å². The van der Waals surface area contributed by atoms with Crippen LogP contribution in [0.25, 0.3) is 0 Å². The molecule has 1 aromatic carbocycles. The predicted molar refractivity (Wildman–Crippen MR) is 64.1 cm³/mol. The Hall–Kier alpha value is -0.930. The zero-order valence-electron chi connectivity index (χ0n) is 10.3. The van der Waals surface area contributed by atoms with Gasteiger partial charge in [0.15, 0.2) is 0 Å². The highest BCUT2D eigenvalue weighted by Gasteiger charge is 2.33. The molecular weight excluding hydrogens is 219 g/mol. The van der Waals surface area contributed by atoms with Gasteiger partial charge in [-0.1, -0.05) is 12.1 Å². The zero-order chi connectivity index (χ0) is 12.5.